The van der Waals surface area contributed by atoms with Gasteiger partial charge in [-0.1, -0.05) is 19.9 Å². The fourth-order valence-corrected chi connectivity index (χ4v) is 1.73. The van der Waals surface area contributed by atoms with Crippen molar-refractivity contribution in [1.29, 1.82) is 0 Å². The number of pyridine rings is 1. The molecule has 1 unspecified atom stereocenters. The third-order valence-corrected chi connectivity index (χ3v) is 3.95. The second kappa shape index (κ2) is 6.19. The van der Waals surface area contributed by atoms with Crippen LogP contribution in [0, 0.1) is 0 Å². The third kappa shape index (κ3) is 3.70. The molecule has 0 saturated heterocycles. The highest BCUT2D eigenvalue weighted by Crippen LogP contribution is 2.23. The van der Waals surface area contributed by atoms with E-state index in [0.717, 1.165) is 25.1 Å². The lowest BCUT2D eigenvalue weighted by Gasteiger charge is -2.35. The molecule has 18 heavy (non-hydrogen) atoms. The number of hydrogen-bond donors (Lipinski definition) is 1. The van der Waals surface area contributed by atoms with Gasteiger partial charge in [-0.2, -0.15) is 0 Å². The quantitative estimate of drug-likeness (QED) is 0.842. The Morgan fingerprint density at radius 2 is 2.00 bits per heavy atom. The van der Waals surface area contributed by atoms with Gasteiger partial charge < -0.3 is 10.6 Å². The van der Waals surface area contributed by atoms with Gasteiger partial charge in [-0.3, -0.25) is 0 Å². The molecule has 2 N–H and O–H groups in total. The summed E-state index contributed by atoms with van der Waals surface area (Å²) in [6, 6.07) is 4.47. The molecule has 0 aromatic carbocycles. The van der Waals surface area contributed by atoms with E-state index in [1.165, 1.54) is 5.56 Å². The minimum absolute atomic E-state index is 0.133. The Hall–Kier alpha value is -1.09. The van der Waals surface area contributed by atoms with Crippen molar-refractivity contribution in [1.82, 2.24) is 4.98 Å². The molecule has 0 aliphatic rings. The third-order valence-electron chi connectivity index (χ3n) is 3.95. The topological polar surface area (TPSA) is 42.1 Å². The van der Waals surface area contributed by atoms with E-state index in [2.05, 4.69) is 56.8 Å². The van der Waals surface area contributed by atoms with E-state index in [9.17, 15) is 0 Å². The highest BCUT2D eigenvalue weighted by atomic mass is 15.2. The van der Waals surface area contributed by atoms with Crippen LogP contribution in [0.5, 0.6) is 0 Å². The predicted octanol–water partition coefficient (Wildman–Crippen LogP) is 2.99. The maximum atomic E-state index is 5.96. The van der Waals surface area contributed by atoms with Crippen molar-refractivity contribution in [3.05, 3.63) is 23.9 Å². The first-order valence-electron chi connectivity index (χ1n) is 6.85. The highest BCUT2D eigenvalue weighted by molar-refractivity contribution is 5.41. The Morgan fingerprint density at radius 1 is 1.33 bits per heavy atom. The number of nitrogens with two attached hydrogens (primary N) is 1. The molecule has 0 saturated carbocycles. The van der Waals surface area contributed by atoms with Crippen LogP contribution in [0.1, 0.15) is 46.1 Å². The van der Waals surface area contributed by atoms with Crippen LogP contribution in [-0.2, 0) is 6.42 Å². The first-order chi connectivity index (χ1) is 8.40. The van der Waals surface area contributed by atoms with E-state index in [0.29, 0.717) is 0 Å². The normalized spacial score (nSPS) is 13.4. The molecular formula is C15H27N3. The SMILES string of the molecule is CCC(N)Cc1ccc(N(C)C(C)(C)CC)nc1. The van der Waals surface area contributed by atoms with Crippen molar-refractivity contribution < 1.29 is 0 Å². The largest absolute Gasteiger partial charge is 0.355 e. The molecule has 1 heterocycles. The van der Waals surface area contributed by atoms with Gasteiger partial charge >= 0.3 is 0 Å². The van der Waals surface area contributed by atoms with Crippen LogP contribution < -0.4 is 10.6 Å². The first kappa shape index (κ1) is 15.0. The van der Waals surface area contributed by atoms with E-state index < -0.39 is 0 Å². The summed E-state index contributed by atoms with van der Waals surface area (Å²) >= 11 is 0. The lowest BCUT2D eigenvalue weighted by molar-refractivity contribution is 0.467. The van der Waals surface area contributed by atoms with Gasteiger partial charge in [0.15, 0.2) is 0 Å². The molecule has 1 aromatic rings. The molecule has 0 radical (unpaired) electrons. The van der Waals surface area contributed by atoms with Gasteiger partial charge in [0, 0.05) is 24.8 Å². The molecule has 1 atom stereocenters. The average molecular weight is 249 g/mol. The van der Waals surface area contributed by atoms with Gasteiger partial charge in [0.2, 0.25) is 0 Å². The van der Waals surface area contributed by atoms with E-state index in [4.69, 9.17) is 5.73 Å². The van der Waals surface area contributed by atoms with Gasteiger partial charge in [-0.05, 0) is 44.7 Å². The number of aromatic nitrogens is 1. The molecule has 0 amide bonds. The lowest BCUT2D eigenvalue weighted by Crippen LogP contribution is -2.41. The van der Waals surface area contributed by atoms with Crippen molar-refractivity contribution >= 4 is 5.82 Å². The highest BCUT2D eigenvalue weighted by Gasteiger charge is 2.22. The predicted molar refractivity (Wildman–Crippen MR) is 79.0 cm³/mol. The van der Waals surface area contributed by atoms with Crippen molar-refractivity contribution in [3.63, 3.8) is 0 Å². The monoisotopic (exact) mass is 249 g/mol. The molecular weight excluding hydrogens is 222 g/mol. The molecule has 0 aliphatic heterocycles. The van der Waals surface area contributed by atoms with Gasteiger partial charge in [0.25, 0.3) is 0 Å². The van der Waals surface area contributed by atoms with Crippen molar-refractivity contribution in [3.8, 4) is 0 Å². The molecule has 0 spiro atoms. The number of rotatable bonds is 6. The van der Waals surface area contributed by atoms with Crippen molar-refractivity contribution in [2.75, 3.05) is 11.9 Å². The van der Waals surface area contributed by atoms with Crippen LogP contribution in [0.3, 0.4) is 0 Å². The zero-order valence-electron chi connectivity index (χ0n) is 12.4. The second-order valence-electron chi connectivity index (χ2n) is 5.62. The van der Waals surface area contributed by atoms with Crippen LogP contribution in [0.15, 0.2) is 18.3 Å². The summed E-state index contributed by atoms with van der Waals surface area (Å²) in [5.74, 6) is 1.02. The second-order valence-corrected chi connectivity index (χ2v) is 5.62. The number of hydrogen-bond acceptors (Lipinski definition) is 3. The zero-order valence-corrected chi connectivity index (χ0v) is 12.4. The smallest absolute Gasteiger partial charge is 0.128 e. The van der Waals surface area contributed by atoms with Gasteiger partial charge in [-0.15, -0.1) is 0 Å². The molecule has 0 aliphatic carbocycles. The summed E-state index contributed by atoms with van der Waals surface area (Å²) in [4.78, 5) is 6.78. The molecule has 0 bridgehead atoms. The Kier molecular flexibility index (Phi) is 5.15. The van der Waals surface area contributed by atoms with Crippen LogP contribution in [0.4, 0.5) is 5.82 Å². The maximum absolute atomic E-state index is 5.96. The summed E-state index contributed by atoms with van der Waals surface area (Å²) in [7, 11) is 2.10. The summed E-state index contributed by atoms with van der Waals surface area (Å²) in [6.45, 7) is 8.78. The zero-order chi connectivity index (χ0) is 13.8. The Morgan fingerprint density at radius 3 is 2.44 bits per heavy atom. The molecule has 1 aromatic heterocycles. The number of nitrogens with zero attached hydrogens (tertiary/aromatic N) is 2. The first-order valence-corrected chi connectivity index (χ1v) is 6.85. The lowest BCUT2D eigenvalue weighted by atomic mass is 10.00. The summed E-state index contributed by atoms with van der Waals surface area (Å²) in [5, 5.41) is 0. The van der Waals surface area contributed by atoms with E-state index >= 15 is 0 Å². The minimum Gasteiger partial charge on any atom is -0.355 e. The van der Waals surface area contributed by atoms with Gasteiger partial charge in [-0.25, -0.2) is 4.98 Å². The maximum Gasteiger partial charge on any atom is 0.128 e. The fraction of sp³-hybridized carbons (Fsp3) is 0.667. The van der Waals surface area contributed by atoms with Crippen molar-refractivity contribution in [2.24, 2.45) is 5.73 Å². The molecule has 3 heteroatoms. The van der Waals surface area contributed by atoms with E-state index in [1.54, 1.807) is 0 Å². The average Bonchev–Trinajstić information content (AvgIpc) is 2.38. The van der Waals surface area contributed by atoms with Crippen molar-refractivity contribution in [2.45, 2.75) is 58.5 Å². The summed E-state index contributed by atoms with van der Waals surface area (Å²) in [6.07, 6.45) is 4.95. The summed E-state index contributed by atoms with van der Waals surface area (Å²) in [5.41, 5.74) is 7.31. The van der Waals surface area contributed by atoms with Gasteiger partial charge in [0.1, 0.15) is 5.82 Å². The standard InChI is InChI=1S/C15H27N3/c1-6-13(16)10-12-8-9-14(17-11-12)18(5)15(3,4)7-2/h8-9,11,13H,6-7,10,16H2,1-5H3. The number of anilines is 1. The molecule has 102 valence electrons. The Labute approximate surface area is 111 Å². The fourth-order valence-electron chi connectivity index (χ4n) is 1.73. The van der Waals surface area contributed by atoms with Crippen LogP contribution in [0.25, 0.3) is 0 Å². The van der Waals surface area contributed by atoms with Crippen LogP contribution >= 0.6 is 0 Å². The molecule has 1 rings (SSSR count). The van der Waals surface area contributed by atoms with Crippen LogP contribution in [0.2, 0.25) is 0 Å². The Balaban J connectivity index is 2.76. The molecule has 0 fully saturated rings. The van der Waals surface area contributed by atoms with E-state index in [1.807, 2.05) is 6.20 Å². The summed E-state index contributed by atoms with van der Waals surface area (Å²) < 4.78 is 0. The molecule has 3 nitrogen and oxygen atoms in total. The Bertz CT molecular complexity index is 357. The minimum atomic E-state index is 0.133. The van der Waals surface area contributed by atoms with Gasteiger partial charge in [0.05, 0.1) is 0 Å². The van der Waals surface area contributed by atoms with E-state index in [-0.39, 0.29) is 11.6 Å². The van der Waals surface area contributed by atoms with Crippen LogP contribution in [-0.4, -0.2) is 23.6 Å².